The molecule has 1 aliphatic rings. The molecule has 1 aliphatic heterocycles. The van der Waals surface area contributed by atoms with Crippen molar-refractivity contribution in [3.63, 3.8) is 0 Å². The van der Waals surface area contributed by atoms with Crippen LogP contribution in [0.3, 0.4) is 0 Å². The van der Waals surface area contributed by atoms with E-state index >= 15 is 0 Å². The summed E-state index contributed by atoms with van der Waals surface area (Å²) in [5.41, 5.74) is 3.60. The van der Waals surface area contributed by atoms with E-state index in [1.54, 1.807) is 4.68 Å². The lowest BCUT2D eigenvalue weighted by molar-refractivity contribution is -0.116. The van der Waals surface area contributed by atoms with Crippen LogP contribution in [0.15, 0.2) is 30.5 Å². The van der Waals surface area contributed by atoms with Gasteiger partial charge in [0.15, 0.2) is 0 Å². The first kappa shape index (κ1) is 12.9. The quantitative estimate of drug-likeness (QED) is 0.911. The number of nitrogens with one attached hydrogen (secondary N) is 1. The number of rotatable bonds is 2. The van der Waals surface area contributed by atoms with E-state index in [0.29, 0.717) is 12.3 Å². The van der Waals surface area contributed by atoms with Crippen molar-refractivity contribution >= 4 is 11.7 Å². The predicted octanol–water partition coefficient (Wildman–Crippen LogP) is 3.02. The second-order valence-electron chi connectivity index (χ2n) is 5.70. The summed E-state index contributed by atoms with van der Waals surface area (Å²) < 4.78 is 1.72. The molecule has 0 aliphatic carbocycles. The number of benzene rings is 1. The van der Waals surface area contributed by atoms with Crippen LogP contribution in [0.1, 0.15) is 48.8 Å². The maximum Gasteiger partial charge on any atom is 0.226 e. The van der Waals surface area contributed by atoms with Gasteiger partial charge in [-0.1, -0.05) is 38.1 Å². The lowest BCUT2D eigenvalue weighted by Gasteiger charge is -2.23. The van der Waals surface area contributed by atoms with Crippen molar-refractivity contribution in [2.45, 2.75) is 32.1 Å². The number of aromatic nitrogens is 2. The van der Waals surface area contributed by atoms with Gasteiger partial charge in [-0.3, -0.25) is 9.48 Å². The smallest absolute Gasteiger partial charge is 0.226 e. The van der Waals surface area contributed by atoms with E-state index in [1.807, 2.05) is 13.2 Å². The molecule has 3 rings (SSSR count). The summed E-state index contributed by atoms with van der Waals surface area (Å²) in [6.07, 6.45) is 2.34. The Morgan fingerprint density at radius 3 is 2.65 bits per heavy atom. The van der Waals surface area contributed by atoms with Crippen LogP contribution in [0.2, 0.25) is 0 Å². The Hall–Kier alpha value is -2.10. The molecule has 20 heavy (non-hydrogen) atoms. The molecule has 2 aromatic rings. The molecule has 0 saturated heterocycles. The van der Waals surface area contributed by atoms with Crippen LogP contribution in [0.25, 0.3) is 0 Å². The molecule has 1 aromatic carbocycles. The molecule has 0 spiro atoms. The van der Waals surface area contributed by atoms with Gasteiger partial charge in [0.1, 0.15) is 5.82 Å². The summed E-state index contributed by atoms with van der Waals surface area (Å²) in [6, 6.07) is 8.58. The van der Waals surface area contributed by atoms with Gasteiger partial charge in [0.2, 0.25) is 5.91 Å². The number of fused-ring (bicyclic) bond motifs is 1. The van der Waals surface area contributed by atoms with Crippen molar-refractivity contribution in [2.24, 2.45) is 7.05 Å². The van der Waals surface area contributed by atoms with E-state index in [1.165, 1.54) is 11.1 Å². The van der Waals surface area contributed by atoms with Crippen LogP contribution in [-0.4, -0.2) is 15.7 Å². The highest BCUT2D eigenvalue weighted by atomic mass is 16.1. The molecule has 4 nitrogen and oxygen atoms in total. The molecular weight excluding hydrogens is 250 g/mol. The van der Waals surface area contributed by atoms with Gasteiger partial charge in [-0.05, 0) is 17.0 Å². The second-order valence-corrected chi connectivity index (χ2v) is 5.70. The third-order valence-electron chi connectivity index (χ3n) is 4.00. The maximum absolute atomic E-state index is 11.9. The molecule has 0 saturated carbocycles. The Balaban J connectivity index is 1.99. The molecule has 1 atom stereocenters. The van der Waals surface area contributed by atoms with Crippen LogP contribution in [0.4, 0.5) is 5.82 Å². The van der Waals surface area contributed by atoms with E-state index in [9.17, 15) is 4.79 Å². The first-order valence-corrected chi connectivity index (χ1v) is 6.98. The summed E-state index contributed by atoms with van der Waals surface area (Å²) in [7, 11) is 1.85. The summed E-state index contributed by atoms with van der Waals surface area (Å²) in [5, 5.41) is 7.16. The monoisotopic (exact) mass is 269 g/mol. The normalized spacial score (nSPS) is 18.0. The molecule has 0 bridgehead atoms. The third kappa shape index (κ3) is 2.11. The van der Waals surface area contributed by atoms with E-state index in [0.717, 1.165) is 11.4 Å². The number of hydrogen-bond acceptors (Lipinski definition) is 2. The number of anilines is 1. The minimum atomic E-state index is 0.0547. The molecule has 0 fully saturated rings. The lowest BCUT2D eigenvalue weighted by Crippen LogP contribution is -2.24. The fraction of sp³-hybridized carbons (Fsp3) is 0.375. The van der Waals surface area contributed by atoms with Gasteiger partial charge in [-0.25, -0.2) is 0 Å². The molecular formula is C16H19N3O. The molecule has 0 radical (unpaired) electrons. The number of carbonyl (C=O) groups is 1. The number of hydrogen-bond donors (Lipinski definition) is 1. The number of amides is 1. The molecule has 1 aromatic heterocycles. The summed E-state index contributed by atoms with van der Waals surface area (Å²) in [4.78, 5) is 11.9. The van der Waals surface area contributed by atoms with Crippen molar-refractivity contribution in [1.82, 2.24) is 9.78 Å². The van der Waals surface area contributed by atoms with Crippen LogP contribution in [0, 0.1) is 0 Å². The Morgan fingerprint density at radius 2 is 2.00 bits per heavy atom. The Bertz CT molecular complexity index is 640. The highest BCUT2D eigenvalue weighted by Gasteiger charge is 2.29. The van der Waals surface area contributed by atoms with Crippen molar-refractivity contribution in [1.29, 1.82) is 0 Å². The molecule has 1 N–H and O–H groups in total. The van der Waals surface area contributed by atoms with Gasteiger partial charge in [0, 0.05) is 24.9 Å². The van der Waals surface area contributed by atoms with Gasteiger partial charge in [0.25, 0.3) is 0 Å². The van der Waals surface area contributed by atoms with Gasteiger partial charge >= 0.3 is 0 Å². The number of aryl methyl sites for hydroxylation is 1. The molecule has 0 unspecified atom stereocenters. The van der Waals surface area contributed by atoms with Crippen molar-refractivity contribution in [3.05, 3.63) is 47.2 Å². The average Bonchev–Trinajstić information content (AvgIpc) is 2.80. The molecule has 1 amide bonds. The Kier molecular flexibility index (Phi) is 3.08. The molecule has 2 heterocycles. The standard InChI is InChI=1S/C16H19N3O/c1-10(2)11-4-6-12(7-5-11)13-8-15(20)18-16-14(13)9-17-19(16)3/h4-7,9-10,13H,8H2,1-3H3,(H,18,20)/t13-/m0/s1. The van der Waals surface area contributed by atoms with Crippen molar-refractivity contribution in [3.8, 4) is 0 Å². The van der Waals surface area contributed by atoms with Crippen LogP contribution in [-0.2, 0) is 11.8 Å². The van der Waals surface area contributed by atoms with E-state index in [2.05, 4.69) is 48.5 Å². The lowest BCUT2D eigenvalue weighted by atomic mass is 9.86. The Labute approximate surface area is 118 Å². The highest BCUT2D eigenvalue weighted by molar-refractivity contribution is 5.94. The van der Waals surface area contributed by atoms with Crippen molar-refractivity contribution in [2.75, 3.05) is 5.32 Å². The topological polar surface area (TPSA) is 46.9 Å². The van der Waals surface area contributed by atoms with E-state index < -0.39 is 0 Å². The second kappa shape index (κ2) is 4.78. The van der Waals surface area contributed by atoms with Gasteiger partial charge in [0.05, 0.1) is 6.20 Å². The third-order valence-corrected chi connectivity index (χ3v) is 4.00. The zero-order valence-corrected chi connectivity index (χ0v) is 12.1. The zero-order chi connectivity index (χ0) is 14.3. The Morgan fingerprint density at radius 1 is 1.30 bits per heavy atom. The van der Waals surface area contributed by atoms with E-state index in [4.69, 9.17) is 0 Å². The van der Waals surface area contributed by atoms with Crippen LogP contribution >= 0.6 is 0 Å². The summed E-state index contributed by atoms with van der Waals surface area (Å²) in [5.74, 6) is 1.50. The zero-order valence-electron chi connectivity index (χ0n) is 12.1. The summed E-state index contributed by atoms with van der Waals surface area (Å²) in [6.45, 7) is 4.37. The van der Waals surface area contributed by atoms with Crippen LogP contribution in [0.5, 0.6) is 0 Å². The summed E-state index contributed by atoms with van der Waals surface area (Å²) >= 11 is 0. The fourth-order valence-corrected chi connectivity index (χ4v) is 2.75. The first-order chi connectivity index (χ1) is 9.56. The number of carbonyl (C=O) groups excluding carboxylic acids is 1. The molecule has 4 heteroatoms. The largest absolute Gasteiger partial charge is 0.311 e. The SMILES string of the molecule is CC(C)c1ccc([C@@H]2CC(=O)Nc3c2cnn3C)cc1. The first-order valence-electron chi connectivity index (χ1n) is 6.98. The molecule has 104 valence electrons. The fourth-order valence-electron chi connectivity index (χ4n) is 2.75. The highest BCUT2D eigenvalue weighted by Crippen LogP contribution is 2.36. The van der Waals surface area contributed by atoms with Gasteiger partial charge < -0.3 is 5.32 Å². The number of nitrogens with zero attached hydrogens (tertiary/aromatic N) is 2. The van der Waals surface area contributed by atoms with Gasteiger partial charge in [-0.15, -0.1) is 0 Å². The average molecular weight is 269 g/mol. The van der Waals surface area contributed by atoms with E-state index in [-0.39, 0.29) is 11.8 Å². The predicted molar refractivity (Wildman–Crippen MR) is 78.8 cm³/mol. The van der Waals surface area contributed by atoms with Gasteiger partial charge in [-0.2, -0.15) is 5.10 Å². The minimum Gasteiger partial charge on any atom is -0.311 e. The minimum absolute atomic E-state index is 0.0547. The van der Waals surface area contributed by atoms with Crippen molar-refractivity contribution < 1.29 is 4.79 Å². The van der Waals surface area contributed by atoms with Crippen LogP contribution < -0.4 is 5.32 Å². The maximum atomic E-state index is 11.9.